The molecule has 15 heavy (non-hydrogen) atoms. The van der Waals surface area contributed by atoms with Crippen molar-refractivity contribution in [1.29, 1.82) is 0 Å². The zero-order valence-electron chi connectivity index (χ0n) is 10.1. The molecule has 1 aliphatic rings. The first-order valence-corrected chi connectivity index (χ1v) is 6.11. The molecule has 0 aromatic heterocycles. The molecule has 0 bridgehead atoms. The largest absolute Gasteiger partial charge is 0.314 e. The summed E-state index contributed by atoms with van der Waals surface area (Å²) in [5.41, 5.74) is 1.48. The summed E-state index contributed by atoms with van der Waals surface area (Å²) in [7, 11) is 0. The van der Waals surface area contributed by atoms with E-state index in [9.17, 15) is 0 Å². The van der Waals surface area contributed by atoms with Crippen LogP contribution in [0.2, 0.25) is 0 Å². The van der Waals surface area contributed by atoms with Crippen molar-refractivity contribution >= 4 is 0 Å². The lowest BCUT2D eigenvalue weighted by Gasteiger charge is -2.27. The second kappa shape index (κ2) is 7.66. The van der Waals surface area contributed by atoms with Crippen molar-refractivity contribution in [1.82, 2.24) is 10.2 Å². The van der Waals surface area contributed by atoms with Gasteiger partial charge in [-0.1, -0.05) is 30.7 Å². The highest BCUT2D eigenvalue weighted by atomic mass is 15.2. The lowest BCUT2D eigenvalue weighted by Crippen LogP contribution is -2.43. The topological polar surface area (TPSA) is 15.3 Å². The van der Waals surface area contributed by atoms with Crippen LogP contribution >= 0.6 is 0 Å². The highest BCUT2D eigenvalue weighted by Crippen LogP contribution is 2.07. The Balaban J connectivity index is 2.29. The highest BCUT2D eigenvalue weighted by Gasteiger charge is 2.08. The third-order valence-corrected chi connectivity index (χ3v) is 2.77. The van der Waals surface area contributed by atoms with Crippen LogP contribution in [0.5, 0.6) is 0 Å². The van der Waals surface area contributed by atoms with E-state index in [-0.39, 0.29) is 0 Å². The van der Waals surface area contributed by atoms with Gasteiger partial charge in [-0.15, -0.1) is 0 Å². The summed E-state index contributed by atoms with van der Waals surface area (Å²) < 4.78 is 0. The first-order chi connectivity index (χ1) is 7.36. The van der Waals surface area contributed by atoms with Crippen LogP contribution in [0.15, 0.2) is 23.8 Å². The first-order valence-electron chi connectivity index (χ1n) is 6.11. The Labute approximate surface area is 94.0 Å². The monoisotopic (exact) mass is 208 g/mol. The Bertz CT molecular complexity index is 213. The molecule has 0 amide bonds. The Morgan fingerprint density at radius 1 is 1.33 bits per heavy atom. The predicted molar refractivity (Wildman–Crippen MR) is 67.1 cm³/mol. The number of rotatable bonds is 5. The van der Waals surface area contributed by atoms with E-state index in [1.54, 1.807) is 0 Å². The van der Waals surface area contributed by atoms with Gasteiger partial charge in [0.05, 0.1) is 0 Å². The van der Waals surface area contributed by atoms with Crippen LogP contribution in [0.25, 0.3) is 0 Å². The fourth-order valence-corrected chi connectivity index (χ4v) is 1.95. The lowest BCUT2D eigenvalue weighted by molar-refractivity contribution is 0.244. The Hall–Kier alpha value is -0.600. The second-order valence-corrected chi connectivity index (χ2v) is 4.03. The van der Waals surface area contributed by atoms with Crippen LogP contribution in [0.1, 0.15) is 26.7 Å². The molecule has 1 heterocycles. The number of piperazine rings is 1. The Morgan fingerprint density at radius 2 is 2.07 bits per heavy atom. The highest BCUT2D eigenvalue weighted by molar-refractivity contribution is 5.18. The van der Waals surface area contributed by atoms with Gasteiger partial charge in [0.25, 0.3) is 0 Å². The van der Waals surface area contributed by atoms with Gasteiger partial charge in [0, 0.05) is 32.7 Å². The van der Waals surface area contributed by atoms with Crippen LogP contribution in [-0.4, -0.2) is 37.6 Å². The summed E-state index contributed by atoms with van der Waals surface area (Å²) in [5, 5.41) is 3.38. The van der Waals surface area contributed by atoms with E-state index in [1.165, 1.54) is 31.6 Å². The summed E-state index contributed by atoms with van der Waals surface area (Å²) in [4.78, 5) is 2.55. The third kappa shape index (κ3) is 5.14. The molecule has 2 heteroatoms. The maximum atomic E-state index is 3.38. The van der Waals surface area contributed by atoms with Crippen molar-refractivity contribution in [3.05, 3.63) is 23.8 Å². The molecule has 1 aliphatic heterocycles. The van der Waals surface area contributed by atoms with Gasteiger partial charge in [-0.25, -0.2) is 0 Å². The molecule has 0 aromatic carbocycles. The molecule has 2 nitrogen and oxygen atoms in total. The van der Waals surface area contributed by atoms with Crippen LogP contribution in [0.4, 0.5) is 0 Å². The van der Waals surface area contributed by atoms with Crippen LogP contribution < -0.4 is 5.32 Å². The summed E-state index contributed by atoms with van der Waals surface area (Å²) in [6.07, 6.45) is 9.05. The van der Waals surface area contributed by atoms with Gasteiger partial charge >= 0.3 is 0 Å². The van der Waals surface area contributed by atoms with Crippen molar-refractivity contribution in [2.75, 3.05) is 32.7 Å². The van der Waals surface area contributed by atoms with E-state index in [2.05, 4.69) is 42.3 Å². The molecular weight excluding hydrogens is 184 g/mol. The van der Waals surface area contributed by atoms with Crippen LogP contribution in [0, 0.1) is 0 Å². The van der Waals surface area contributed by atoms with Gasteiger partial charge in [0.2, 0.25) is 0 Å². The van der Waals surface area contributed by atoms with Crippen molar-refractivity contribution in [2.24, 2.45) is 0 Å². The van der Waals surface area contributed by atoms with Gasteiger partial charge in [-0.2, -0.15) is 0 Å². The maximum Gasteiger partial charge on any atom is 0.0108 e. The van der Waals surface area contributed by atoms with E-state index in [4.69, 9.17) is 0 Å². The summed E-state index contributed by atoms with van der Waals surface area (Å²) >= 11 is 0. The molecule has 0 radical (unpaired) electrons. The maximum absolute atomic E-state index is 3.38. The number of hydrogen-bond donors (Lipinski definition) is 1. The summed E-state index contributed by atoms with van der Waals surface area (Å²) in [5.74, 6) is 0. The normalized spacial score (nSPS) is 20.0. The zero-order chi connectivity index (χ0) is 10.9. The van der Waals surface area contributed by atoms with E-state index < -0.39 is 0 Å². The van der Waals surface area contributed by atoms with Crippen molar-refractivity contribution in [2.45, 2.75) is 26.7 Å². The SMILES string of the molecule is C/C=C\C(=C/CC)CCN1CCNCC1. The van der Waals surface area contributed by atoms with E-state index in [1.807, 2.05) is 0 Å². The molecule has 0 saturated carbocycles. The third-order valence-electron chi connectivity index (χ3n) is 2.77. The minimum Gasteiger partial charge on any atom is -0.314 e. The quantitative estimate of drug-likeness (QED) is 0.697. The minimum atomic E-state index is 1.14. The van der Waals surface area contributed by atoms with E-state index in [0.717, 1.165) is 19.5 Å². The minimum absolute atomic E-state index is 1.14. The molecular formula is C13H24N2. The van der Waals surface area contributed by atoms with Gasteiger partial charge in [-0.05, 0) is 19.8 Å². The molecule has 1 rings (SSSR count). The number of hydrogen-bond acceptors (Lipinski definition) is 2. The first kappa shape index (κ1) is 12.5. The Morgan fingerprint density at radius 3 is 2.67 bits per heavy atom. The predicted octanol–water partition coefficient (Wildman–Crippen LogP) is 2.19. The molecule has 0 aliphatic carbocycles. The Kier molecular flexibility index (Phi) is 6.37. The molecule has 1 fully saturated rings. The zero-order valence-corrected chi connectivity index (χ0v) is 10.1. The smallest absolute Gasteiger partial charge is 0.0108 e. The standard InChI is InChI=1S/C13H24N2/c1-3-5-13(6-4-2)7-10-15-11-8-14-9-12-15/h3,5-6,14H,4,7-12H2,1-2H3/b5-3-,13-6+. The van der Waals surface area contributed by atoms with Gasteiger partial charge < -0.3 is 10.2 Å². The van der Waals surface area contributed by atoms with Gasteiger partial charge in [0.15, 0.2) is 0 Å². The van der Waals surface area contributed by atoms with Gasteiger partial charge in [0.1, 0.15) is 0 Å². The van der Waals surface area contributed by atoms with Crippen molar-refractivity contribution < 1.29 is 0 Å². The molecule has 86 valence electrons. The fourth-order valence-electron chi connectivity index (χ4n) is 1.95. The molecule has 1 saturated heterocycles. The van der Waals surface area contributed by atoms with Crippen LogP contribution in [-0.2, 0) is 0 Å². The fraction of sp³-hybridized carbons (Fsp3) is 0.692. The number of nitrogens with zero attached hydrogens (tertiary/aromatic N) is 1. The molecule has 0 atom stereocenters. The van der Waals surface area contributed by atoms with E-state index in [0.29, 0.717) is 0 Å². The summed E-state index contributed by atoms with van der Waals surface area (Å²) in [6.45, 7) is 10.2. The van der Waals surface area contributed by atoms with Crippen molar-refractivity contribution in [3.63, 3.8) is 0 Å². The molecule has 0 spiro atoms. The molecule has 1 N–H and O–H groups in total. The summed E-state index contributed by atoms with van der Waals surface area (Å²) in [6, 6.07) is 0. The number of allylic oxidation sites excluding steroid dienone is 3. The van der Waals surface area contributed by atoms with Gasteiger partial charge in [-0.3, -0.25) is 0 Å². The molecule has 0 aromatic rings. The van der Waals surface area contributed by atoms with Crippen molar-refractivity contribution in [3.8, 4) is 0 Å². The van der Waals surface area contributed by atoms with E-state index >= 15 is 0 Å². The molecule has 0 unspecified atom stereocenters. The second-order valence-electron chi connectivity index (χ2n) is 4.03. The number of nitrogens with one attached hydrogen (secondary N) is 1. The average Bonchev–Trinajstić information content (AvgIpc) is 2.28. The van der Waals surface area contributed by atoms with Crippen LogP contribution in [0.3, 0.4) is 0 Å². The lowest BCUT2D eigenvalue weighted by atomic mass is 10.1. The average molecular weight is 208 g/mol.